The molecule has 6 heteroatoms. The highest BCUT2D eigenvalue weighted by Crippen LogP contribution is 2.36. The zero-order valence-electron chi connectivity index (χ0n) is 11.5. The van der Waals surface area contributed by atoms with Gasteiger partial charge in [-0.1, -0.05) is 11.6 Å². The van der Waals surface area contributed by atoms with Gasteiger partial charge in [0, 0.05) is 16.7 Å². The molecule has 0 aromatic heterocycles. The predicted molar refractivity (Wildman–Crippen MR) is 93.7 cm³/mol. The predicted octanol–water partition coefficient (Wildman–Crippen LogP) is 5.49. The molecule has 2 aromatic rings. The molecule has 2 aromatic carbocycles. The van der Waals surface area contributed by atoms with Crippen LogP contribution in [0.4, 0.5) is 5.69 Å². The highest BCUT2D eigenvalue weighted by atomic mass is 79.9. The van der Waals surface area contributed by atoms with Crippen molar-refractivity contribution >= 4 is 49.1 Å². The first-order valence-corrected chi connectivity index (χ1v) is 8.11. The van der Waals surface area contributed by atoms with E-state index in [2.05, 4.69) is 37.2 Å². The molecule has 0 heterocycles. The lowest BCUT2D eigenvalue weighted by Gasteiger charge is -2.13. The van der Waals surface area contributed by atoms with Gasteiger partial charge >= 0.3 is 0 Å². The molecule has 0 aliphatic carbocycles. The Labute approximate surface area is 145 Å². The lowest BCUT2D eigenvalue weighted by molar-refractivity contribution is 0.352. The maximum atomic E-state index is 6.08. The molecule has 0 amide bonds. The van der Waals surface area contributed by atoms with Gasteiger partial charge in [0.05, 0.1) is 23.7 Å². The van der Waals surface area contributed by atoms with Gasteiger partial charge in [-0.15, -0.1) is 0 Å². The van der Waals surface area contributed by atoms with Crippen molar-refractivity contribution in [2.45, 2.75) is 6.54 Å². The summed E-state index contributed by atoms with van der Waals surface area (Å²) in [6, 6.07) is 9.69. The first-order valence-electron chi connectivity index (χ1n) is 6.14. The molecule has 0 radical (unpaired) electrons. The molecular formula is C15H14Br2ClNO2. The average molecular weight is 436 g/mol. The smallest absolute Gasteiger partial charge is 0.174 e. The third kappa shape index (κ3) is 4.05. The first-order chi connectivity index (χ1) is 10.0. The third-order valence-corrected chi connectivity index (χ3v) is 4.73. The maximum absolute atomic E-state index is 6.08. The minimum absolute atomic E-state index is 0.650. The third-order valence-electron chi connectivity index (χ3n) is 2.91. The van der Waals surface area contributed by atoms with E-state index < -0.39 is 0 Å². The largest absolute Gasteiger partial charge is 0.493 e. The van der Waals surface area contributed by atoms with E-state index in [9.17, 15) is 0 Å². The van der Waals surface area contributed by atoms with Crippen molar-refractivity contribution in [2.24, 2.45) is 0 Å². The molecule has 3 nitrogen and oxygen atoms in total. The van der Waals surface area contributed by atoms with Crippen LogP contribution >= 0.6 is 43.5 Å². The van der Waals surface area contributed by atoms with Crippen LogP contribution in [0, 0.1) is 0 Å². The molecular weight excluding hydrogens is 421 g/mol. The van der Waals surface area contributed by atoms with Gasteiger partial charge in [0.15, 0.2) is 11.5 Å². The van der Waals surface area contributed by atoms with Crippen LogP contribution in [0.1, 0.15) is 5.56 Å². The van der Waals surface area contributed by atoms with Crippen LogP contribution in [0.25, 0.3) is 0 Å². The molecule has 2 rings (SSSR count). The first kappa shape index (κ1) is 16.5. The second-order valence-electron chi connectivity index (χ2n) is 4.30. The number of ether oxygens (including phenoxy) is 2. The van der Waals surface area contributed by atoms with E-state index in [0.717, 1.165) is 20.2 Å². The van der Waals surface area contributed by atoms with Crippen LogP contribution in [-0.4, -0.2) is 14.2 Å². The molecule has 0 unspecified atom stereocenters. The Morgan fingerprint density at radius 1 is 1.05 bits per heavy atom. The van der Waals surface area contributed by atoms with Gasteiger partial charge in [-0.25, -0.2) is 0 Å². The SMILES string of the molecule is COc1cc(CNc2ccc(Br)c(Cl)c2)cc(Br)c1OC. The lowest BCUT2D eigenvalue weighted by Crippen LogP contribution is -2.01. The van der Waals surface area contributed by atoms with Gasteiger partial charge in [-0.3, -0.25) is 0 Å². The Morgan fingerprint density at radius 3 is 2.43 bits per heavy atom. The number of rotatable bonds is 5. The summed E-state index contributed by atoms with van der Waals surface area (Å²) >= 11 is 12.9. The topological polar surface area (TPSA) is 30.5 Å². The van der Waals surface area contributed by atoms with Gasteiger partial charge in [-0.2, -0.15) is 0 Å². The molecule has 0 spiro atoms. The van der Waals surface area contributed by atoms with Crippen LogP contribution in [0.3, 0.4) is 0 Å². The van der Waals surface area contributed by atoms with E-state index in [1.165, 1.54) is 0 Å². The number of methoxy groups -OCH3 is 2. The number of hydrogen-bond acceptors (Lipinski definition) is 3. The highest BCUT2D eigenvalue weighted by Gasteiger charge is 2.10. The van der Waals surface area contributed by atoms with Crippen LogP contribution in [-0.2, 0) is 6.54 Å². The number of nitrogens with one attached hydrogen (secondary N) is 1. The molecule has 0 saturated heterocycles. The van der Waals surface area contributed by atoms with Gasteiger partial charge in [0.2, 0.25) is 0 Å². The van der Waals surface area contributed by atoms with Crippen molar-refractivity contribution in [1.29, 1.82) is 0 Å². The van der Waals surface area contributed by atoms with Crippen molar-refractivity contribution in [3.05, 3.63) is 49.9 Å². The van der Waals surface area contributed by atoms with Crippen molar-refractivity contribution in [3.63, 3.8) is 0 Å². The zero-order chi connectivity index (χ0) is 15.4. The second kappa shape index (κ2) is 7.38. The lowest BCUT2D eigenvalue weighted by atomic mass is 10.2. The van der Waals surface area contributed by atoms with E-state index in [1.807, 2.05) is 30.3 Å². The Balaban J connectivity index is 2.16. The van der Waals surface area contributed by atoms with Gasteiger partial charge in [0.25, 0.3) is 0 Å². The van der Waals surface area contributed by atoms with Crippen molar-refractivity contribution in [1.82, 2.24) is 0 Å². The van der Waals surface area contributed by atoms with Gasteiger partial charge in [-0.05, 0) is 67.8 Å². The van der Waals surface area contributed by atoms with Crippen LogP contribution < -0.4 is 14.8 Å². The summed E-state index contributed by atoms with van der Waals surface area (Å²) < 4.78 is 12.4. The Morgan fingerprint density at radius 2 is 1.81 bits per heavy atom. The van der Waals surface area contributed by atoms with E-state index in [1.54, 1.807) is 14.2 Å². The molecule has 0 saturated carbocycles. The van der Waals surface area contributed by atoms with E-state index in [4.69, 9.17) is 21.1 Å². The summed E-state index contributed by atoms with van der Waals surface area (Å²) in [5.41, 5.74) is 2.02. The molecule has 1 N–H and O–H groups in total. The normalized spacial score (nSPS) is 10.3. The fourth-order valence-electron chi connectivity index (χ4n) is 1.88. The van der Waals surface area contributed by atoms with E-state index in [-0.39, 0.29) is 0 Å². The van der Waals surface area contributed by atoms with Gasteiger partial charge < -0.3 is 14.8 Å². The van der Waals surface area contributed by atoms with Crippen LogP contribution in [0.2, 0.25) is 5.02 Å². The van der Waals surface area contributed by atoms with Crippen LogP contribution in [0.15, 0.2) is 39.3 Å². The second-order valence-corrected chi connectivity index (χ2v) is 6.41. The molecule has 0 bridgehead atoms. The van der Waals surface area contributed by atoms with E-state index in [0.29, 0.717) is 23.1 Å². The summed E-state index contributed by atoms with van der Waals surface area (Å²) in [5.74, 6) is 1.38. The fourth-order valence-corrected chi connectivity index (χ4v) is 2.96. The minimum atomic E-state index is 0.650. The Kier molecular flexibility index (Phi) is 5.79. The molecule has 0 atom stereocenters. The Bertz CT molecular complexity index is 650. The number of benzene rings is 2. The standard InChI is InChI=1S/C15H14Br2ClNO2/c1-20-14-6-9(5-12(17)15(14)21-2)8-19-10-3-4-11(16)13(18)7-10/h3-7,19H,8H2,1-2H3. The minimum Gasteiger partial charge on any atom is -0.493 e. The molecule has 21 heavy (non-hydrogen) atoms. The summed E-state index contributed by atoms with van der Waals surface area (Å²) in [7, 11) is 3.24. The molecule has 0 fully saturated rings. The summed E-state index contributed by atoms with van der Waals surface area (Å²) in [4.78, 5) is 0. The van der Waals surface area contributed by atoms with E-state index >= 15 is 0 Å². The molecule has 0 aliphatic rings. The molecule has 0 aliphatic heterocycles. The number of halogens is 3. The quantitative estimate of drug-likeness (QED) is 0.673. The van der Waals surface area contributed by atoms with Crippen molar-refractivity contribution in [3.8, 4) is 11.5 Å². The number of hydrogen-bond donors (Lipinski definition) is 1. The number of anilines is 1. The monoisotopic (exact) mass is 433 g/mol. The van der Waals surface area contributed by atoms with Crippen molar-refractivity contribution < 1.29 is 9.47 Å². The zero-order valence-corrected chi connectivity index (χ0v) is 15.5. The van der Waals surface area contributed by atoms with Crippen LogP contribution in [0.5, 0.6) is 11.5 Å². The average Bonchev–Trinajstić information content (AvgIpc) is 2.47. The summed E-state index contributed by atoms with van der Waals surface area (Å²) in [6.07, 6.45) is 0. The van der Waals surface area contributed by atoms with Crippen molar-refractivity contribution in [2.75, 3.05) is 19.5 Å². The molecule has 112 valence electrons. The summed E-state index contributed by atoms with van der Waals surface area (Å²) in [6.45, 7) is 0.650. The fraction of sp³-hybridized carbons (Fsp3) is 0.200. The summed E-state index contributed by atoms with van der Waals surface area (Å²) in [5, 5.41) is 4.00. The maximum Gasteiger partial charge on any atom is 0.174 e. The Hall–Kier alpha value is -0.910. The van der Waals surface area contributed by atoms with Gasteiger partial charge in [0.1, 0.15) is 0 Å². The highest BCUT2D eigenvalue weighted by molar-refractivity contribution is 9.10.